The van der Waals surface area contributed by atoms with Gasteiger partial charge in [0.05, 0.1) is 12.1 Å². The summed E-state index contributed by atoms with van der Waals surface area (Å²) >= 11 is 0. The first-order valence-corrected chi connectivity index (χ1v) is 13.3. The second kappa shape index (κ2) is 8.00. The van der Waals surface area contributed by atoms with Crippen LogP contribution in [0.3, 0.4) is 0 Å². The van der Waals surface area contributed by atoms with Crippen molar-refractivity contribution < 1.29 is 0 Å². The van der Waals surface area contributed by atoms with Crippen LogP contribution in [0.4, 0.5) is 0 Å². The van der Waals surface area contributed by atoms with Crippen LogP contribution in [0.1, 0.15) is 60.8 Å². The number of para-hydroxylation sites is 2. The fourth-order valence-corrected chi connectivity index (χ4v) is 7.56. The van der Waals surface area contributed by atoms with E-state index in [1.807, 2.05) is 0 Å². The maximum atomic E-state index is 3.86. The van der Waals surface area contributed by atoms with E-state index in [0.717, 1.165) is 24.8 Å². The third kappa shape index (κ3) is 3.11. The van der Waals surface area contributed by atoms with Gasteiger partial charge in [-0.2, -0.15) is 0 Å². The van der Waals surface area contributed by atoms with Crippen molar-refractivity contribution in [3.8, 4) is 0 Å². The van der Waals surface area contributed by atoms with Crippen LogP contribution in [0.15, 0.2) is 48.5 Å². The molecule has 5 heterocycles. The van der Waals surface area contributed by atoms with E-state index in [1.165, 1.54) is 72.0 Å². The maximum absolute atomic E-state index is 3.86. The van der Waals surface area contributed by atoms with Crippen molar-refractivity contribution in [1.82, 2.24) is 19.8 Å². The van der Waals surface area contributed by atoms with Gasteiger partial charge in [0.25, 0.3) is 0 Å². The van der Waals surface area contributed by atoms with E-state index in [2.05, 4.69) is 82.3 Å². The lowest BCUT2D eigenvalue weighted by Gasteiger charge is -2.48. The van der Waals surface area contributed by atoms with Gasteiger partial charge in [-0.1, -0.05) is 49.7 Å². The number of nitrogens with one attached hydrogen (secondary N) is 2. The molecule has 176 valence electrons. The van der Waals surface area contributed by atoms with Crippen molar-refractivity contribution in [1.29, 1.82) is 0 Å². The fourth-order valence-electron chi connectivity index (χ4n) is 7.56. The van der Waals surface area contributed by atoms with Gasteiger partial charge in [0, 0.05) is 52.8 Å². The Kier molecular flexibility index (Phi) is 4.89. The van der Waals surface area contributed by atoms with E-state index >= 15 is 0 Å². The highest BCUT2D eigenvalue weighted by molar-refractivity contribution is 5.86. The Labute approximate surface area is 202 Å². The topological polar surface area (TPSA) is 38.1 Å². The molecular weight excluding hydrogens is 416 g/mol. The van der Waals surface area contributed by atoms with E-state index in [4.69, 9.17) is 0 Å². The zero-order chi connectivity index (χ0) is 22.8. The van der Waals surface area contributed by atoms with Gasteiger partial charge in [0.15, 0.2) is 0 Å². The zero-order valence-electron chi connectivity index (χ0n) is 20.5. The van der Waals surface area contributed by atoms with E-state index in [9.17, 15) is 0 Å². The van der Waals surface area contributed by atoms with Crippen molar-refractivity contribution in [3.05, 3.63) is 71.0 Å². The standard InChI is InChI=1S/C30H36N4/c1-3-19-18-34-15-13-24-22-9-5-7-11-26(22)32-30(24)28(34)17-20(19)16-27-29-23(12-14-33(27)2)21-8-4-6-10-25(21)31-29/h4-11,19-20,27-28,31-32H,3,12-18H2,1-2H3/t19-,20-,27+,28-/m0/s1. The Morgan fingerprint density at radius 1 is 0.824 bits per heavy atom. The summed E-state index contributed by atoms with van der Waals surface area (Å²) in [6.45, 7) is 6.02. The van der Waals surface area contributed by atoms with Crippen molar-refractivity contribution in [3.63, 3.8) is 0 Å². The Morgan fingerprint density at radius 3 is 2.21 bits per heavy atom. The Morgan fingerprint density at radius 2 is 1.47 bits per heavy atom. The van der Waals surface area contributed by atoms with Gasteiger partial charge in [0.1, 0.15) is 0 Å². The summed E-state index contributed by atoms with van der Waals surface area (Å²) in [4.78, 5) is 13.1. The summed E-state index contributed by atoms with van der Waals surface area (Å²) in [6, 6.07) is 18.8. The minimum Gasteiger partial charge on any atom is -0.357 e. The second-order valence-electron chi connectivity index (χ2n) is 11.0. The summed E-state index contributed by atoms with van der Waals surface area (Å²) < 4.78 is 0. The van der Waals surface area contributed by atoms with E-state index in [1.54, 1.807) is 11.1 Å². The summed E-state index contributed by atoms with van der Waals surface area (Å²) in [6.07, 6.45) is 6.15. The predicted octanol–water partition coefficient (Wildman–Crippen LogP) is 6.21. The van der Waals surface area contributed by atoms with Crippen LogP contribution in [0.25, 0.3) is 21.8 Å². The minimum absolute atomic E-state index is 0.493. The molecule has 0 aliphatic carbocycles. The third-order valence-corrected chi connectivity index (χ3v) is 9.41. The van der Waals surface area contributed by atoms with E-state index < -0.39 is 0 Å². The first kappa shape index (κ1) is 20.8. The first-order chi connectivity index (χ1) is 16.7. The molecule has 2 aromatic carbocycles. The molecule has 1 fully saturated rings. The second-order valence-corrected chi connectivity index (χ2v) is 11.0. The fraction of sp³-hybridized carbons (Fsp3) is 0.467. The number of rotatable bonds is 3. The predicted molar refractivity (Wildman–Crippen MR) is 140 cm³/mol. The molecule has 34 heavy (non-hydrogen) atoms. The molecule has 4 nitrogen and oxygen atoms in total. The lowest BCUT2D eigenvalue weighted by molar-refractivity contribution is 0.0325. The lowest BCUT2D eigenvalue weighted by Crippen LogP contribution is -2.47. The average molecular weight is 453 g/mol. The molecule has 0 unspecified atom stereocenters. The molecule has 0 amide bonds. The summed E-state index contributed by atoms with van der Waals surface area (Å²) in [5.41, 5.74) is 8.78. The number of hydrogen-bond acceptors (Lipinski definition) is 2. The van der Waals surface area contributed by atoms with Crippen LogP contribution in [0, 0.1) is 11.8 Å². The van der Waals surface area contributed by atoms with Crippen molar-refractivity contribution >= 4 is 21.8 Å². The lowest BCUT2D eigenvalue weighted by atomic mass is 9.73. The van der Waals surface area contributed by atoms with Gasteiger partial charge in [-0.3, -0.25) is 9.80 Å². The van der Waals surface area contributed by atoms with Gasteiger partial charge in [-0.25, -0.2) is 0 Å². The third-order valence-electron chi connectivity index (χ3n) is 9.41. The van der Waals surface area contributed by atoms with Crippen molar-refractivity contribution in [2.75, 3.05) is 26.7 Å². The van der Waals surface area contributed by atoms with Crippen LogP contribution in [-0.4, -0.2) is 46.4 Å². The van der Waals surface area contributed by atoms with Crippen LogP contribution < -0.4 is 0 Å². The molecule has 0 radical (unpaired) electrons. The number of aromatic amines is 2. The van der Waals surface area contributed by atoms with E-state index in [0.29, 0.717) is 12.1 Å². The Bertz CT molecular complexity index is 1350. The monoisotopic (exact) mass is 452 g/mol. The highest BCUT2D eigenvalue weighted by atomic mass is 15.2. The van der Waals surface area contributed by atoms with Gasteiger partial charge in [-0.05, 0) is 67.8 Å². The molecule has 3 aliphatic rings. The molecule has 0 saturated carbocycles. The molecule has 1 saturated heterocycles. The number of piperidine rings is 1. The molecule has 4 aromatic rings. The highest BCUT2D eigenvalue weighted by Crippen LogP contribution is 2.47. The number of fused-ring (bicyclic) bond motifs is 8. The molecule has 3 aliphatic heterocycles. The van der Waals surface area contributed by atoms with Gasteiger partial charge in [0.2, 0.25) is 0 Å². The quantitative estimate of drug-likeness (QED) is 0.388. The van der Waals surface area contributed by atoms with E-state index in [-0.39, 0.29) is 0 Å². The van der Waals surface area contributed by atoms with Gasteiger partial charge >= 0.3 is 0 Å². The molecule has 2 aromatic heterocycles. The zero-order valence-corrected chi connectivity index (χ0v) is 20.5. The number of nitrogens with zero attached hydrogens (tertiary/aromatic N) is 2. The summed E-state index contributed by atoms with van der Waals surface area (Å²) in [5.74, 6) is 1.53. The summed E-state index contributed by atoms with van der Waals surface area (Å²) in [5, 5.41) is 2.88. The number of H-pyrrole nitrogens is 2. The Balaban J connectivity index is 1.23. The number of aromatic nitrogens is 2. The largest absolute Gasteiger partial charge is 0.357 e. The summed E-state index contributed by atoms with van der Waals surface area (Å²) in [7, 11) is 2.34. The molecule has 2 N–H and O–H groups in total. The molecule has 4 heteroatoms. The average Bonchev–Trinajstić information content (AvgIpc) is 3.44. The van der Waals surface area contributed by atoms with Crippen LogP contribution in [0.5, 0.6) is 0 Å². The molecule has 0 bridgehead atoms. The number of hydrogen-bond donors (Lipinski definition) is 2. The van der Waals surface area contributed by atoms with Gasteiger partial charge in [-0.15, -0.1) is 0 Å². The highest BCUT2D eigenvalue weighted by Gasteiger charge is 2.41. The van der Waals surface area contributed by atoms with Crippen LogP contribution in [0.2, 0.25) is 0 Å². The molecule has 0 spiro atoms. The SMILES string of the molecule is CC[C@H]1CN2CCc3c([nH]c4ccccc34)[C@@H]2C[C@@H]1C[C@@H]1c2[nH]c3ccccc3c2CCN1C. The number of benzene rings is 2. The van der Waals surface area contributed by atoms with Crippen LogP contribution in [-0.2, 0) is 12.8 Å². The number of likely N-dealkylation sites (N-methyl/N-ethyl adjacent to an activating group) is 1. The first-order valence-electron chi connectivity index (χ1n) is 13.3. The minimum atomic E-state index is 0.493. The van der Waals surface area contributed by atoms with Crippen LogP contribution >= 0.6 is 0 Å². The van der Waals surface area contributed by atoms with Crippen molar-refractivity contribution in [2.24, 2.45) is 11.8 Å². The Hall–Kier alpha value is -2.56. The molecular formula is C30H36N4. The van der Waals surface area contributed by atoms with Crippen molar-refractivity contribution in [2.45, 2.75) is 51.1 Å². The normalized spacial score (nSPS) is 27.6. The molecule has 7 rings (SSSR count). The van der Waals surface area contributed by atoms with Gasteiger partial charge < -0.3 is 9.97 Å². The molecule has 4 atom stereocenters. The maximum Gasteiger partial charge on any atom is 0.0504 e. The smallest absolute Gasteiger partial charge is 0.0504 e.